The molecule has 2 atom stereocenters. The van der Waals surface area contributed by atoms with E-state index in [2.05, 4.69) is 23.6 Å². The van der Waals surface area contributed by atoms with Crippen molar-refractivity contribution in [1.82, 2.24) is 9.80 Å². The molecule has 1 aliphatic heterocycles. The predicted molar refractivity (Wildman–Crippen MR) is 82.3 cm³/mol. The van der Waals surface area contributed by atoms with Gasteiger partial charge in [-0.3, -0.25) is 4.90 Å². The number of nitrogens with zero attached hydrogens (tertiary/aromatic N) is 2. The zero-order valence-corrected chi connectivity index (χ0v) is 13.0. The molecule has 2 unspecified atom stereocenters. The Bertz CT molecular complexity index is 248. The fourth-order valence-electron chi connectivity index (χ4n) is 4.28. The van der Waals surface area contributed by atoms with Crippen molar-refractivity contribution in [2.45, 2.75) is 64.5 Å². The Kier molecular flexibility index (Phi) is 6.11. The van der Waals surface area contributed by atoms with Crippen LogP contribution >= 0.6 is 0 Å². The second kappa shape index (κ2) is 7.61. The van der Waals surface area contributed by atoms with Crippen LogP contribution in [0.1, 0.15) is 52.4 Å². The molecular formula is C16H33N3. The lowest BCUT2D eigenvalue weighted by molar-refractivity contribution is 0.0634. The van der Waals surface area contributed by atoms with Crippen LogP contribution < -0.4 is 5.73 Å². The van der Waals surface area contributed by atoms with Crippen molar-refractivity contribution in [1.29, 1.82) is 0 Å². The molecule has 0 amide bonds. The van der Waals surface area contributed by atoms with Crippen molar-refractivity contribution < 1.29 is 0 Å². The number of hydrogen-bond acceptors (Lipinski definition) is 3. The highest BCUT2D eigenvalue weighted by molar-refractivity contribution is 4.90. The van der Waals surface area contributed by atoms with E-state index in [0.717, 1.165) is 24.5 Å². The molecule has 1 heterocycles. The minimum Gasteiger partial charge on any atom is -0.330 e. The van der Waals surface area contributed by atoms with Crippen molar-refractivity contribution in [3.63, 3.8) is 0 Å². The smallest absolute Gasteiger partial charge is 0.0138 e. The van der Waals surface area contributed by atoms with Gasteiger partial charge in [-0.25, -0.2) is 0 Å². The SMILES string of the molecule is CCCN1CCC(N(CC)C2CCCC2CN)CC1. The summed E-state index contributed by atoms with van der Waals surface area (Å²) < 4.78 is 0. The Morgan fingerprint density at radius 3 is 2.42 bits per heavy atom. The fraction of sp³-hybridized carbons (Fsp3) is 1.00. The lowest BCUT2D eigenvalue weighted by Gasteiger charge is -2.42. The molecule has 3 nitrogen and oxygen atoms in total. The average Bonchev–Trinajstić information content (AvgIpc) is 2.90. The average molecular weight is 267 g/mol. The summed E-state index contributed by atoms with van der Waals surface area (Å²) in [4.78, 5) is 5.44. The first-order valence-electron chi connectivity index (χ1n) is 8.48. The van der Waals surface area contributed by atoms with Crippen LogP contribution in [0.4, 0.5) is 0 Å². The molecule has 2 rings (SSSR count). The Labute approximate surface area is 119 Å². The van der Waals surface area contributed by atoms with Crippen molar-refractivity contribution in [3.05, 3.63) is 0 Å². The first-order valence-corrected chi connectivity index (χ1v) is 8.48. The summed E-state index contributed by atoms with van der Waals surface area (Å²) >= 11 is 0. The Hall–Kier alpha value is -0.120. The molecular weight excluding hydrogens is 234 g/mol. The van der Waals surface area contributed by atoms with E-state index in [1.165, 1.54) is 64.7 Å². The van der Waals surface area contributed by atoms with Crippen molar-refractivity contribution >= 4 is 0 Å². The second-order valence-electron chi connectivity index (χ2n) is 6.40. The van der Waals surface area contributed by atoms with Crippen LogP contribution in [0.2, 0.25) is 0 Å². The molecule has 1 saturated carbocycles. The van der Waals surface area contributed by atoms with Gasteiger partial charge in [-0.05, 0) is 70.7 Å². The monoisotopic (exact) mass is 267 g/mol. The first kappa shape index (κ1) is 15.3. The van der Waals surface area contributed by atoms with Gasteiger partial charge >= 0.3 is 0 Å². The van der Waals surface area contributed by atoms with Gasteiger partial charge in [-0.15, -0.1) is 0 Å². The highest BCUT2D eigenvalue weighted by Crippen LogP contribution is 2.32. The van der Waals surface area contributed by atoms with Crippen LogP contribution in [0, 0.1) is 5.92 Å². The van der Waals surface area contributed by atoms with Crippen LogP contribution in [0.15, 0.2) is 0 Å². The standard InChI is InChI=1S/C16H33N3/c1-3-10-18-11-8-15(9-12-18)19(4-2)16-7-5-6-14(16)13-17/h14-16H,3-13,17H2,1-2H3. The Balaban J connectivity index is 1.88. The van der Waals surface area contributed by atoms with Gasteiger partial charge in [0.2, 0.25) is 0 Å². The summed E-state index contributed by atoms with van der Waals surface area (Å²) in [5, 5.41) is 0. The molecule has 0 aromatic carbocycles. The third-order valence-corrected chi connectivity index (χ3v) is 5.28. The van der Waals surface area contributed by atoms with E-state index in [1.807, 2.05) is 0 Å². The van der Waals surface area contributed by atoms with Crippen LogP contribution in [0.25, 0.3) is 0 Å². The maximum Gasteiger partial charge on any atom is 0.0138 e. The van der Waals surface area contributed by atoms with Gasteiger partial charge < -0.3 is 10.6 Å². The van der Waals surface area contributed by atoms with Gasteiger partial charge in [0.1, 0.15) is 0 Å². The summed E-state index contributed by atoms with van der Waals surface area (Å²) in [6.45, 7) is 10.6. The molecule has 0 radical (unpaired) electrons. The summed E-state index contributed by atoms with van der Waals surface area (Å²) in [5.41, 5.74) is 5.97. The van der Waals surface area contributed by atoms with E-state index in [0.29, 0.717) is 0 Å². The molecule has 2 fully saturated rings. The molecule has 2 N–H and O–H groups in total. The van der Waals surface area contributed by atoms with Crippen LogP contribution in [-0.4, -0.2) is 54.6 Å². The first-order chi connectivity index (χ1) is 9.30. The van der Waals surface area contributed by atoms with Gasteiger partial charge in [0, 0.05) is 12.1 Å². The Morgan fingerprint density at radius 2 is 1.84 bits per heavy atom. The van der Waals surface area contributed by atoms with E-state index in [9.17, 15) is 0 Å². The van der Waals surface area contributed by atoms with Gasteiger partial charge in [0.05, 0.1) is 0 Å². The quantitative estimate of drug-likeness (QED) is 0.801. The summed E-state index contributed by atoms with van der Waals surface area (Å²) in [5.74, 6) is 0.758. The minimum absolute atomic E-state index is 0.758. The second-order valence-corrected chi connectivity index (χ2v) is 6.40. The number of nitrogens with two attached hydrogens (primary N) is 1. The van der Waals surface area contributed by atoms with Crippen LogP contribution in [0.5, 0.6) is 0 Å². The molecule has 19 heavy (non-hydrogen) atoms. The van der Waals surface area contributed by atoms with E-state index >= 15 is 0 Å². The maximum atomic E-state index is 5.97. The topological polar surface area (TPSA) is 32.5 Å². The fourth-order valence-corrected chi connectivity index (χ4v) is 4.28. The maximum absolute atomic E-state index is 5.97. The van der Waals surface area contributed by atoms with Gasteiger partial charge in [0.15, 0.2) is 0 Å². The van der Waals surface area contributed by atoms with Gasteiger partial charge in [-0.2, -0.15) is 0 Å². The number of rotatable bonds is 6. The molecule has 2 aliphatic rings. The lowest BCUT2D eigenvalue weighted by Crippen LogP contribution is -2.50. The normalized spacial score (nSPS) is 30.3. The minimum atomic E-state index is 0.758. The highest BCUT2D eigenvalue weighted by atomic mass is 15.2. The molecule has 0 spiro atoms. The van der Waals surface area contributed by atoms with E-state index in [-0.39, 0.29) is 0 Å². The van der Waals surface area contributed by atoms with Gasteiger partial charge in [0.25, 0.3) is 0 Å². The summed E-state index contributed by atoms with van der Waals surface area (Å²) in [6, 6.07) is 1.59. The van der Waals surface area contributed by atoms with Crippen LogP contribution in [0.3, 0.4) is 0 Å². The van der Waals surface area contributed by atoms with Crippen molar-refractivity contribution in [2.75, 3.05) is 32.7 Å². The third kappa shape index (κ3) is 3.71. The molecule has 3 heteroatoms. The Morgan fingerprint density at radius 1 is 1.11 bits per heavy atom. The predicted octanol–water partition coefficient (Wildman–Crippen LogP) is 2.31. The van der Waals surface area contributed by atoms with E-state index < -0.39 is 0 Å². The summed E-state index contributed by atoms with van der Waals surface area (Å²) in [6.07, 6.45) is 8.14. The number of likely N-dealkylation sites (tertiary alicyclic amines) is 1. The van der Waals surface area contributed by atoms with E-state index in [1.54, 1.807) is 0 Å². The molecule has 0 bridgehead atoms. The highest BCUT2D eigenvalue weighted by Gasteiger charge is 2.35. The van der Waals surface area contributed by atoms with Crippen molar-refractivity contribution in [2.24, 2.45) is 11.7 Å². The largest absolute Gasteiger partial charge is 0.330 e. The zero-order chi connectivity index (χ0) is 13.7. The summed E-state index contributed by atoms with van der Waals surface area (Å²) in [7, 11) is 0. The third-order valence-electron chi connectivity index (χ3n) is 5.28. The van der Waals surface area contributed by atoms with Gasteiger partial charge in [-0.1, -0.05) is 20.3 Å². The zero-order valence-electron chi connectivity index (χ0n) is 13.0. The molecule has 0 aromatic rings. The number of hydrogen-bond donors (Lipinski definition) is 1. The lowest BCUT2D eigenvalue weighted by atomic mass is 9.96. The van der Waals surface area contributed by atoms with Crippen LogP contribution in [-0.2, 0) is 0 Å². The van der Waals surface area contributed by atoms with E-state index in [4.69, 9.17) is 5.73 Å². The molecule has 112 valence electrons. The number of piperidine rings is 1. The molecule has 1 saturated heterocycles. The van der Waals surface area contributed by atoms with Crippen molar-refractivity contribution in [3.8, 4) is 0 Å². The molecule has 1 aliphatic carbocycles. The molecule has 0 aromatic heterocycles.